The van der Waals surface area contributed by atoms with Gasteiger partial charge in [0, 0.05) is 13.0 Å². The van der Waals surface area contributed by atoms with Crippen molar-refractivity contribution in [1.29, 1.82) is 0 Å². The van der Waals surface area contributed by atoms with Crippen molar-refractivity contribution in [2.45, 2.75) is 6.42 Å². The van der Waals surface area contributed by atoms with Gasteiger partial charge in [0.15, 0.2) is 0 Å². The van der Waals surface area contributed by atoms with E-state index >= 15 is 0 Å². The Morgan fingerprint density at radius 3 is 2.48 bits per heavy atom. The Hall–Kier alpha value is -2.57. The van der Waals surface area contributed by atoms with Gasteiger partial charge in [-0.3, -0.25) is 9.59 Å². The zero-order valence-electron chi connectivity index (χ0n) is 14.3. The first-order valence-electron chi connectivity index (χ1n) is 8.05. The predicted octanol–water partition coefficient (Wildman–Crippen LogP) is 3.74. The van der Waals surface area contributed by atoms with Crippen LogP contribution in [0, 0.1) is 5.92 Å². The highest BCUT2D eigenvalue weighted by Gasteiger charge is 2.37. The van der Waals surface area contributed by atoms with Gasteiger partial charge >= 0.3 is 11.9 Å². The number of ether oxygens (including phenoxy) is 2. The molecule has 6 nitrogen and oxygen atoms in total. The van der Waals surface area contributed by atoms with Crippen molar-refractivity contribution in [2.75, 3.05) is 18.6 Å². The van der Waals surface area contributed by atoms with Gasteiger partial charge < -0.3 is 14.4 Å². The first-order valence-corrected chi connectivity index (χ1v) is 8.80. The number of methoxy groups -OCH3 is 1. The molecule has 0 radical (unpaired) electrons. The van der Waals surface area contributed by atoms with Gasteiger partial charge in [-0.2, -0.15) is 0 Å². The number of rotatable bonds is 4. The molecule has 0 saturated carbocycles. The van der Waals surface area contributed by atoms with E-state index in [1.165, 1.54) is 36.3 Å². The Morgan fingerprint density at radius 2 is 1.81 bits per heavy atom. The SMILES string of the molecule is COC(=O)c1ccc(OC(=O)[C@H]2CC(=O)N(c3cccc(Cl)c3Cl)C2)cc1. The smallest absolute Gasteiger partial charge is 0.337 e. The first-order chi connectivity index (χ1) is 12.9. The maximum Gasteiger partial charge on any atom is 0.337 e. The molecule has 1 aliphatic heterocycles. The zero-order chi connectivity index (χ0) is 19.6. The van der Waals surface area contributed by atoms with Crippen LogP contribution < -0.4 is 9.64 Å². The second-order valence-corrected chi connectivity index (χ2v) is 6.70. The van der Waals surface area contributed by atoms with E-state index in [9.17, 15) is 14.4 Å². The summed E-state index contributed by atoms with van der Waals surface area (Å²) in [7, 11) is 1.28. The molecule has 0 N–H and O–H groups in total. The van der Waals surface area contributed by atoms with Gasteiger partial charge in [0.1, 0.15) is 5.75 Å². The number of carbonyl (C=O) groups excluding carboxylic acids is 3. The second kappa shape index (κ2) is 7.98. The minimum Gasteiger partial charge on any atom is -0.465 e. The summed E-state index contributed by atoms with van der Waals surface area (Å²) in [6, 6.07) is 11.0. The van der Waals surface area contributed by atoms with Crippen LogP contribution >= 0.6 is 23.2 Å². The summed E-state index contributed by atoms with van der Waals surface area (Å²) in [5, 5.41) is 0.596. The molecule has 1 amide bonds. The number of anilines is 1. The molecule has 1 atom stereocenters. The number of halogens is 2. The van der Waals surface area contributed by atoms with E-state index in [1.54, 1.807) is 18.2 Å². The number of hydrogen-bond donors (Lipinski definition) is 0. The third-order valence-electron chi connectivity index (χ3n) is 4.17. The maximum atomic E-state index is 12.4. The standard InChI is InChI=1S/C19H15Cl2NO5/c1-26-18(24)11-5-7-13(8-6-11)27-19(25)12-9-16(23)22(10-12)15-4-2-3-14(20)17(15)21/h2-8,12H,9-10H2,1H3/t12-/m0/s1. The molecular formula is C19H15Cl2NO5. The van der Waals surface area contributed by atoms with Gasteiger partial charge in [-0.15, -0.1) is 0 Å². The summed E-state index contributed by atoms with van der Waals surface area (Å²) in [5.41, 5.74) is 0.807. The lowest BCUT2D eigenvalue weighted by atomic mass is 10.1. The topological polar surface area (TPSA) is 72.9 Å². The maximum absolute atomic E-state index is 12.4. The molecule has 27 heavy (non-hydrogen) atoms. The lowest BCUT2D eigenvalue weighted by Crippen LogP contribution is -2.27. The van der Waals surface area contributed by atoms with E-state index in [1.807, 2.05) is 0 Å². The van der Waals surface area contributed by atoms with E-state index in [2.05, 4.69) is 4.74 Å². The Balaban J connectivity index is 1.69. The molecule has 0 unspecified atom stereocenters. The van der Waals surface area contributed by atoms with Gasteiger partial charge in [-0.05, 0) is 36.4 Å². The Labute approximate surface area is 165 Å². The second-order valence-electron chi connectivity index (χ2n) is 5.92. The number of esters is 2. The number of hydrogen-bond acceptors (Lipinski definition) is 5. The summed E-state index contributed by atoms with van der Waals surface area (Å²) in [6.07, 6.45) is 0.0158. The lowest BCUT2D eigenvalue weighted by molar-refractivity contribution is -0.139. The van der Waals surface area contributed by atoms with Gasteiger partial charge in [-0.1, -0.05) is 29.3 Å². The summed E-state index contributed by atoms with van der Waals surface area (Å²) in [5.74, 6) is -1.60. The molecule has 1 heterocycles. The summed E-state index contributed by atoms with van der Waals surface area (Å²) in [6.45, 7) is 0.151. The average molecular weight is 408 g/mol. The third-order valence-corrected chi connectivity index (χ3v) is 4.98. The van der Waals surface area contributed by atoms with Crippen LogP contribution in [0.5, 0.6) is 5.75 Å². The summed E-state index contributed by atoms with van der Waals surface area (Å²) in [4.78, 5) is 37.6. The molecule has 8 heteroatoms. The van der Waals surface area contributed by atoms with Crippen LogP contribution in [0.4, 0.5) is 5.69 Å². The fraction of sp³-hybridized carbons (Fsp3) is 0.211. The van der Waals surface area contributed by atoms with Gasteiger partial charge in [0.05, 0.1) is 34.3 Å². The molecule has 0 aliphatic carbocycles. The Bertz CT molecular complexity index is 897. The van der Waals surface area contributed by atoms with Crippen molar-refractivity contribution in [3.63, 3.8) is 0 Å². The molecule has 1 saturated heterocycles. The Kier molecular flexibility index (Phi) is 5.68. The van der Waals surface area contributed by atoms with E-state index in [-0.39, 0.29) is 29.6 Å². The van der Waals surface area contributed by atoms with Gasteiger partial charge in [-0.25, -0.2) is 4.79 Å². The van der Waals surface area contributed by atoms with Crippen molar-refractivity contribution in [3.8, 4) is 5.75 Å². The van der Waals surface area contributed by atoms with Crippen molar-refractivity contribution in [3.05, 3.63) is 58.1 Å². The number of benzene rings is 2. The van der Waals surface area contributed by atoms with Gasteiger partial charge in [0.2, 0.25) is 5.91 Å². The first kappa shape index (κ1) is 19.2. The number of carbonyl (C=O) groups is 3. The van der Waals surface area contributed by atoms with Crippen molar-refractivity contribution in [2.24, 2.45) is 5.92 Å². The van der Waals surface area contributed by atoms with Crippen molar-refractivity contribution >= 4 is 46.7 Å². The predicted molar refractivity (Wildman–Crippen MR) is 100 cm³/mol. The molecule has 2 aromatic carbocycles. The van der Waals surface area contributed by atoms with Crippen LogP contribution in [0.3, 0.4) is 0 Å². The summed E-state index contributed by atoms with van der Waals surface area (Å²) >= 11 is 12.2. The fourth-order valence-corrected chi connectivity index (χ4v) is 3.17. The molecule has 0 aromatic heterocycles. The van der Waals surface area contributed by atoms with Gasteiger partial charge in [0.25, 0.3) is 0 Å². The van der Waals surface area contributed by atoms with Crippen LogP contribution in [0.2, 0.25) is 10.0 Å². The largest absolute Gasteiger partial charge is 0.465 e. The van der Waals surface area contributed by atoms with Crippen molar-refractivity contribution < 1.29 is 23.9 Å². The van der Waals surface area contributed by atoms with E-state index < -0.39 is 17.9 Å². The minimum absolute atomic E-state index is 0.0158. The highest BCUT2D eigenvalue weighted by Crippen LogP contribution is 2.36. The Morgan fingerprint density at radius 1 is 1.11 bits per heavy atom. The lowest BCUT2D eigenvalue weighted by Gasteiger charge is -2.18. The monoisotopic (exact) mass is 407 g/mol. The molecule has 140 valence electrons. The summed E-state index contributed by atoms with van der Waals surface area (Å²) < 4.78 is 9.94. The van der Waals surface area contributed by atoms with E-state index in [0.29, 0.717) is 16.3 Å². The quantitative estimate of drug-likeness (QED) is 0.569. The van der Waals surface area contributed by atoms with E-state index in [4.69, 9.17) is 27.9 Å². The number of nitrogens with zero attached hydrogens (tertiary/aromatic N) is 1. The van der Waals surface area contributed by atoms with Crippen LogP contribution in [-0.4, -0.2) is 31.5 Å². The van der Waals surface area contributed by atoms with Crippen molar-refractivity contribution in [1.82, 2.24) is 0 Å². The molecular weight excluding hydrogens is 393 g/mol. The minimum atomic E-state index is -0.632. The highest BCUT2D eigenvalue weighted by atomic mass is 35.5. The molecule has 1 fully saturated rings. The molecule has 0 bridgehead atoms. The molecule has 0 spiro atoms. The third kappa shape index (κ3) is 4.07. The van der Waals surface area contributed by atoms with E-state index in [0.717, 1.165) is 0 Å². The molecule has 2 aromatic rings. The van der Waals surface area contributed by atoms with Crippen LogP contribution in [0.25, 0.3) is 0 Å². The average Bonchev–Trinajstić information content (AvgIpc) is 3.05. The zero-order valence-corrected chi connectivity index (χ0v) is 15.8. The number of amides is 1. The highest BCUT2D eigenvalue weighted by molar-refractivity contribution is 6.44. The van der Waals surface area contributed by atoms with Crippen LogP contribution in [-0.2, 0) is 14.3 Å². The normalized spacial score (nSPS) is 16.3. The molecule has 1 aliphatic rings. The van der Waals surface area contributed by atoms with Crippen LogP contribution in [0.15, 0.2) is 42.5 Å². The fourth-order valence-electron chi connectivity index (χ4n) is 2.78. The molecule has 3 rings (SSSR count). The van der Waals surface area contributed by atoms with Crippen LogP contribution in [0.1, 0.15) is 16.8 Å².